The monoisotopic (exact) mass is 268 g/mol. The van der Waals surface area contributed by atoms with Crippen molar-refractivity contribution in [1.29, 1.82) is 0 Å². The Labute approximate surface area is 111 Å². The van der Waals surface area contributed by atoms with E-state index in [-0.39, 0.29) is 17.5 Å². The number of hydrogen-bond acceptors (Lipinski definition) is 3. The zero-order chi connectivity index (χ0) is 14.4. The second-order valence-corrected chi connectivity index (χ2v) is 4.11. The molecule has 1 atom stereocenters. The third kappa shape index (κ3) is 4.24. The maximum Gasteiger partial charge on any atom is 0.411 e. The molecule has 0 spiro atoms. The normalized spacial score (nSPS) is 11.6. The number of rotatable bonds is 4. The van der Waals surface area contributed by atoms with Gasteiger partial charge in [-0.15, -0.1) is 0 Å². The van der Waals surface area contributed by atoms with Crippen molar-refractivity contribution < 1.29 is 18.7 Å². The molecular weight excluding hydrogens is 251 g/mol. The average molecular weight is 268 g/mol. The molecule has 19 heavy (non-hydrogen) atoms. The maximum atomic E-state index is 13.7. The number of benzene rings is 1. The van der Waals surface area contributed by atoms with E-state index in [1.165, 1.54) is 19.2 Å². The second kappa shape index (κ2) is 6.72. The van der Waals surface area contributed by atoms with Crippen LogP contribution in [-0.2, 0) is 9.53 Å². The van der Waals surface area contributed by atoms with E-state index >= 15 is 0 Å². The molecule has 104 valence electrons. The number of carbonyl (C=O) groups excluding carboxylic acids is 2. The molecule has 1 aromatic carbocycles. The molecule has 2 N–H and O–H groups in total. The highest BCUT2D eigenvalue weighted by molar-refractivity contribution is 5.93. The highest BCUT2D eigenvalue weighted by Gasteiger charge is 2.12. The van der Waals surface area contributed by atoms with E-state index in [0.29, 0.717) is 12.1 Å². The molecule has 1 rings (SSSR count). The van der Waals surface area contributed by atoms with Crippen molar-refractivity contribution in [3.05, 3.63) is 24.0 Å². The number of hydrogen-bond donors (Lipinski definition) is 2. The predicted molar refractivity (Wildman–Crippen MR) is 70.5 cm³/mol. The SMILES string of the molecule is CCC(C)C(=O)Nc1ccc(NC(=O)OC)c(F)c1. The van der Waals surface area contributed by atoms with Crippen LogP contribution in [0.5, 0.6) is 0 Å². The summed E-state index contributed by atoms with van der Waals surface area (Å²) in [6, 6.07) is 4.01. The Morgan fingerprint density at radius 1 is 1.37 bits per heavy atom. The molecule has 1 aromatic rings. The lowest BCUT2D eigenvalue weighted by atomic mass is 10.1. The summed E-state index contributed by atoms with van der Waals surface area (Å²) in [4.78, 5) is 22.6. The van der Waals surface area contributed by atoms with Gasteiger partial charge in [0.25, 0.3) is 0 Å². The van der Waals surface area contributed by atoms with Gasteiger partial charge < -0.3 is 10.1 Å². The van der Waals surface area contributed by atoms with Gasteiger partial charge in [0, 0.05) is 11.6 Å². The highest BCUT2D eigenvalue weighted by atomic mass is 19.1. The van der Waals surface area contributed by atoms with E-state index in [4.69, 9.17) is 0 Å². The topological polar surface area (TPSA) is 67.4 Å². The van der Waals surface area contributed by atoms with Gasteiger partial charge in [-0.2, -0.15) is 0 Å². The predicted octanol–water partition coefficient (Wildman–Crippen LogP) is 2.99. The van der Waals surface area contributed by atoms with Crippen LogP contribution in [-0.4, -0.2) is 19.1 Å². The number of methoxy groups -OCH3 is 1. The van der Waals surface area contributed by atoms with Gasteiger partial charge in [-0.25, -0.2) is 9.18 Å². The first-order valence-electron chi connectivity index (χ1n) is 5.93. The van der Waals surface area contributed by atoms with E-state index in [0.717, 1.165) is 6.07 Å². The van der Waals surface area contributed by atoms with Crippen molar-refractivity contribution in [2.45, 2.75) is 20.3 Å². The summed E-state index contributed by atoms with van der Waals surface area (Å²) in [7, 11) is 1.19. The molecule has 0 bridgehead atoms. The first-order chi connectivity index (χ1) is 8.97. The molecule has 5 nitrogen and oxygen atoms in total. The molecule has 0 aliphatic carbocycles. The molecule has 0 fully saturated rings. The first kappa shape index (κ1) is 14.9. The Bertz CT molecular complexity index is 477. The zero-order valence-electron chi connectivity index (χ0n) is 11.1. The van der Waals surface area contributed by atoms with E-state index in [1.54, 1.807) is 6.92 Å². The number of anilines is 2. The van der Waals surface area contributed by atoms with Gasteiger partial charge in [-0.3, -0.25) is 10.1 Å². The van der Waals surface area contributed by atoms with Gasteiger partial charge in [0.15, 0.2) is 0 Å². The molecule has 0 radical (unpaired) electrons. The van der Waals surface area contributed by atoms with E-state index in [1.807, 2.05) is 6.92 Å². The number of nitrogens with one attached hydrogen (secondary N) is 2. The summed E-state index contributed by atoms with van der Waals surface area (Å²) in [5.41, 5.74) is 0.339. The Balaban J connectivity index is 2.76. The fourth-order valence-electron chi connectivity index (χ4n) is 1.31. The lowest BCUT2D eigenvalue weighted by Crippen LogP contribution is -2.20. The van der Waals surface area contributed by atoms with Gasteiger partial charge in [0.2, 0.25) is 5.91 Å². The lowest BCUT2D eigenvalue weighted by Gasteiger charge is -2.11. The quantitative estimate of drug-likeness (QED) is 0.882. The van der Waals surface area contributed by atoms with Gasteiger partial charge in [-0.05, 0) is 24.6 Å². The number of ether oxygens (including phenoxy) is 1. The summed E-state index contributed by atoms with van der Waals surface area (Å²) in [6.07, 6.45) is -0.0497. The molecule has 0 saturated heterocycles. The number of carbonyl (C=O) groups is 2. The summed E-state index contributed by atoms with van der Waals surface area (Å²) >= 11 is 0. The Kier molecular flexibility index (Phi) is 5.29. The molecule has 0 aliphatic heterocycles. The van der Waals surface area contributed by atoms with Gasteiger partial charge in [0.05, 0.1) is 12.8 Å². The zero-order valence-corrected chi connectivity index (χ0v) is 11.1. The molecule has 0 aliphatic rings. The minimum Gasteiger partial charge on any atom is -0.453 e. The Hall–Kier alpha value is -2.11. The molecule has 0 saturated carbocycles. The largest absolute Gasteiger partial charge is 0.453 e. The van der Waals surface area contributed by atoms with Crippen LogP contribution in [0.4, 0.5) is 20.6 Å². The molecule has 6 heteroatoms. The highest BCUT2D eigenvalue weighted by Crippen LogP contribution is 2.20. The third-order valence-corrected chi connectivity index (χ3v) is 2.72. The summed E-state index contributed by atoms with van der Waals surface area (Å²) in [5.74, 6) is -0.959. The first-order valence-corrected chi connectivity index (χ1v) is 5.93. The van der Waals surface area contributed by atoms with Crippen LogP contribution < -0.4 is 10.6 Å². The van der Waals surface area contributed by atoms with E-state index in [2.05, 4.69) is 15.4 Å². The minimum absolute atomic E-state index is 0.00612. The van der Waals surface area contributed by atoms with Gasteiger partial charge in [-0.1, -0.05) is 13.8 Å². The molecule has 0 aromatic heterocycles. The lowest BCUT2D eigenvalue weighted by molar-refractivity contribution is -0.119. The molecule has 2 amide bonds. The van der Waals surface area contributed by atoms with Crippen molar-refractivity contribution in [1.82, 2.24) is 0 Å². The van der Waals surface area contributed by atoms with Crippen LogP contribution in [0.15, 0.2) is 18.2 Å². The maximum absolute atomic E-state index is 13.7. The van der Waals surface area contributed by atoms with Crippen molar-refractivity contribution in [2.24, 2.45) is 5.92 Å². The van der Waals surface area contributed by atoms with Crippen molar-refractivity contribution in [2.75, 3.05) is 17.7 Å². The standard InChI is InChI=1S/C13H17FN2O3/c1-4-8(2)12(17)15-9-5-6-11(10(14)7-9)16-13(18)19-3/h5-8H,4H2,1-3H3,(H,15,17)(H,16,18). The fraction of sp³-hybridized carbons (Fsp3) is 0.385. The molecule has 0 heterocycles. The Morgan fingerprint density at radius 2 is 2.05 bits per heavy atom. The molecule has 1 unspecified atom stereocenters. The van der Waals surface area contributed by atoms with Gasteiger partial charge in [0.1, 0.15) is 5.82 Å². The van der Waals surface area contributed by atoms with Crippen molar-refractivity contribution >= 4 is 23.4 Å². The average Bonchev–Trinajstić information content (AvgIpc) is 2.40. The van der Waals surface area contributed by atoms with Crippen LogP contribution in [0.3, 0.4) is 0 Å². The second-order valence-electron chi connectivity index (χ2n) is 4.11. The summed E-state index contributed by atoms with van der Waals surface area (Å²) in [5, 5.41) is 4.83. The van der Waals surface area contributed by atoms with Crippen LogP contribution >= 0.6 is 0 Å². The van der Waals surface area contributed by atoms with Crippen LogP contribution in [0.25, 0.3) is 0 Å². The van der Waals surface area contributed by atoms with Crippen LogP contribution in [0.1, 0.15) is 20.3 Å². The minimum atomic E-state index is -0.754. The van der Waals surface area contributed by atoms with E-state index < -0.39 is 11.9 Å². The Morgan fingerprint density at radius 3 is 2.58 bits per heavy atom. The third-order valence-electron chi connectivity index (χ3n) is 2.72. The van der Waals surface area contributed by atoms with Crippen molar-refractivity contribution in [3.63, 3.8) is 0 Å². The molecular formula is C13H17FN2O3. The number of amides is 2. The van der Waals surface area contributed by atoms with Crippen LogP contribution in [0.2, 0.25) is 0 Å². The number of halogens is 1. The summed E-state index contributed by atoms with van der Waals surface area (Å²) < 4.78 is 18.0. The fourth-order valence-corrected chi connectivity index (χ4v) is 1.31. The van der Waals surface area contributed by atoms with E-state index in [9.17, 15) is 14.0 Å². The summed E-state index contributed by atoms with van der Waals surface area (Å²) in [6.45, 7) is 3.69. The van der Waals surface area contributed by atoms with Gasteiger partial charge >= 0.3 is 6.09 Å². The smallest absolute Gasteiger partial charge is 0.411 e. The van der Waals surface area contributed by atoms with Crippen LogP contribution in [0, 0.1) is 11.7 Å². The van der Waals surface area contributed by atoms with Crippen molar-refractivity contribution in [3.8, 4) is 0 Å².